The van der Waals surface area contributed by atoms with Gasteiger partial charge in [-0.1, -0.05) is 29.8 Å². The molecule has 2 aromatic carbocycles. The number of nitrogens with one attached hydrogen (secondary N) is 1. The van der Waals surface area contributed by atoms with Crippen molar-refractivity contribution >= 4 is 35.0 Å². The van der Waals surface area contributed by atoms with Crippen molar-refractivity contribution in [2.75, 3.05) is 4.90 Å². The topological polar surface area (TPSA) is 41.6 Å². The number of aryl methyl sites for hydroxylation is 2. The summed E-state index contributed by atoms with van der Waals surface area (Å²) in [6.07, 6.45) is 1.62. The molecule has 7 heteroatoms. The number of halogens is 2. The monoisotopic (exact) mass is 374 g/mol. The molecule has 1 aliphatic heterocycles. The van der Waals surface area contributed by atoms with Crippen molar-refractivity contribution in [2.24, 2.45) is 0 Å². The molecule has 26 heavy (non-hydrogen) atoms. The van der Waals surface area contributed by atoms with E-state index in [9.17, 15) is 13.6 Å². The van der Waals surface area contributed by atoms with Crippen molar-refractivity contribution in [1.82, 2.24) is 5.32 Å². The second-order valence-electron chi connectivity index (χ2n) is 5.87. The lowest BCUT2D eigenvalue weighted by Gasteiger charge is -2.17. The molecule has 0 saturated carbocycles. The van der Waals surface area contributed by atoms with E-state index in [0.29, 0.717) is 16.4 Å². The van der Waals surface area contributed by atoms with Crippen LogP contribution < -0.4 is 15.0 Å². The number of alkyl halides is 2. The summed E-state index contributed by atoms with van der Waals surface area (Å²) in [5, 5.41) is 3.20. The van der Waals surface area contributed by atoms with Crippen LogP contribution in [-0.2, 0) is 4.79 Å². The van der Waals surface area contributed by atoms with E-state index >= 15 is 0 Å². The average molecular weight is 374 g/mol. The van der Waals surface area contributed by atoms with Gasteiger partial charge in [0.1, 0.15) is 11.4 Å². The first kappa shape index (κ1) is 18.0. The van der Waals surface area contributed by atoms with Gasteiger partial charge in [-0.05, 0) is 61.5 Å². The normalized spacial score (nSPS) is 15.7. The van der Waals surface area contributed by atoms with E-state index in [1.165, 1.54) is 17.0 Å². The van der Waals surface area contributed by atoms with Gasteiger partial charge in [0.05, 0.1) is 5.69 Å². The predicted octanol–water partition coefficient (Wildman–Crippen LogP) is 4.17. The average Bonchev–Trinajstić information content (AvgIpc) is 2.83. The first-order chi connectivity index (χ1) is 12.3. The van der Waals surface area contributed by atoms with E-state index in [1.54, 1.807) is 18.2 Å². The van der Waals surface area contributed by atoms with Crippen LogP contribution in [0.5, 0.6) is 5.75 Å². The predicted molar refractivity (Wildman–Crippen MR) is 100 cm³/mol. The fourth-order valence-corrected chi connectivity index (χ4v) is 3.01. The standard InChI is InChI=1S/C19H16F2N2O2S/c1-11-3-8-16(12(2)9-11)23-17(24)15(22-19(23)26)10-13-4-6-14(7-5-13)25-18(20)21/h3-10,18H,1-2H3,(H,22,26)/b15-10+. The Hall–Kier alpha value is -2.80. The Bertz CT molecular complexity index is 895. The molecule has 134 valence electrons. The summed E-state index contributed by atoms with van der Waals surface area (Å²) in [5.74, 6) is -0.213. The number of anilines is 1. The molecule has 1 N–H and O–H groups in total. The van der Waals surface area contributed by atoms with Gasteiger partial charge in [-0.15, -0.1) is 0 Å². The van der Waals surface area contributed by atoms with Gasteiger partial charge in [-0.25, -0.2) is 0 Å². The molecule has 2 aromatic rings. The van der Waals surface area contributed by atoms with Gasteiger partial charge in [0.25, 0.3) is 5.91 Å². The third kappa shape index (κ3) is 3.72. The van der Waals surface area contributed by atoms with E-state index < -0.39 is 6.61 Å². The maximum absolute atomic E-state index is 12.8. The lowest BCUT2D eigenvalue weighted by molar-refractivity contribution is -0.113. The van der Waals surface area contributed by atoms with Gasteiger partial charge < -0.3 is 10.1 Å². The van der Waals surface area contributed by atoms with Gasteiger partial charge in [-0.2, -0.15) is 8.78 Å². The van der Waals surface area contributed by atoms with Crippen LogP contribution >= 0.6 is 12.2 Å². The van der Waals surface area contributed by atoms with Crippen LogP contribution in [0.3, 0.4) is 0 Å². The molecule has 1 saturated heterocycles. The summed E-state index contributed by atoms with van der Waals surface area (Å²) < 4.78 is 28.7. The van der Waals surface area contributed by atoms with Crippen molar-refractivity contribution in [3.63, 3.8) is 0 Å². The minimum atomic E-state index is -2.87. The van der Waals surface area contributed by atoms with Gasteiger partial charge in [-0.3, -0.25) is 9.69 Å². The first-order valence-corrected chi connectivity index (χ1v) is 8.25. The Morgan fingerprint density at radius 2 is 1.85 bits per heavy atom. The Kier molecular flexibility index (Phi) is 4.99. The van der Waals surface area contributed by atoms with Crippen molar-refractivity contribution in [3.8, 4) is 5.75 Å². The highest BCUT2D eigenvalue weighted by atomic mass is 32.1. The highest BCUT2D eigenvalue weighted by molar-refractivity contribution is 7.80. The Morgan fingerprint density at radius 1 is 1.15 bits per heavy atom. The number of nitrogens with zero attached hydrogens (tertiary/aromatic N) is 1. The summed E-state index contributed by atoms with van der Waals surface area (Å²) in [5.41, 5.74) is 3.74. The summed E-state index contributed by atoms with van der Waals surface area (Å²) >= 11 is 5.30. The number of hydrogen-bond donors (Lipinski definition) is 1. The molecule has 1 heterocycles. The third-order valence-corrected chi connectivity index (χ3v) is 4.17. The smallest absolute Gasteiger partial charge is 0.387 e. The molecular weight excluding hydrogens is 358 g/mol. The van der Waals surface area contributed by atoms with Crippen LogP contribution in [0, 0.1) is 13.8 Å². The van der Waals surface area contributed by atoms with Crippen LogP contribution in [0.1, 0.15) is 16.7 Å². The van der Waals surface area contributed by atoms with Crippen LogP contribution in [0.25, 0.3) is 6.08 Å². The third-order valence-electron chi connectivity index (χ3n) is 3.89. The molecule has 0 aliphatic carbocycles. The van der Waals surface area contributed by atoms with E-state index in [0.717, 1.165) is 16.8 Å². The quantitative estimate of drug-likeness (QED) is 0.644. The molecule has 4 nitrogen and oxygen atoms in total. The Balaban J connectivity index is 1.85. The molecule has 0 unspecified atom stereocenters. The van der Waals surface area contributed by atoms with Crippen molar-refractivity contribution in [1.29, 1.82) is 0 Å². The number of carbonyl (C=O) groups excluding carboxylic acids is 1. The number of benzene rings is 2. The molecule has 1 amide bonds. The van der Waals surface area contributed by atoms with Crippen molar-refractivity contribution in [3.05, 3.63) is 64.9 Å². The zero-order valence-electron chi connectivity index (χ0n) is 14.1. The number of amides is 1. The maximum Gasteiger partial charge on any atom is 0.387 e. The van der Waals surface area contributed by atoms with Crippen molar-refractivity contribution in [2.45, 2.75) is 20.5 Å². The fourth-order valence-electron chi connectivity index (χ4n) is 2.72. The van der Waals surface area contributed by atoms with Gasteiger partial charge in [0.15, 0.2) is 5.11 Å². The van der Waals surface area contributed by atoms with Crippen molar-refractivity contribution < 1.29 is 18.3 Å². The lowest BCUT2D eigenvalue weighted by atomic mass is 10.1. The number of carbonyl (C=O) groups is 1. The van der Waals surface area contributed by atoms with Crippen LogP contribution in [0.2, 0.25) is 0 Å². The fraction of sp³-hybridized carbons (Fsp3) is 0.158. The summed E-state index contributed by atoms with van der Waals surface area (Å²) in [4.78, 5) is 14.2. The SMILES string of the molecule is Cc1ccc(N2C(=O)/C(=C\c3ccc(OC(F)F)cc3)NC2=S)c(C)c1. The maximum atomic E-state index is 12.8. The zero-order chi connectivity index (χ0) is 18.8. The first-order valence-electron chi connectivity index (χ1n) is 7.84. The number of hydrogen-bond acceptors (Lipinski definition) is 3. The number of rotatable bonds is 4. The molecular formula is C19H16F2N2O2S. The summed E-state index contributed by atoms with van der Waals surface area (Å²) in [6.45, 7) is 1.02. The molecule has 3 rings (SSSR count). The number of ether oxygens (including phenoxy) is 1. The van der Waals surface area contributed by atoms with Crippen LogP contribution in [0.4, 0.5) is 14.5 Å². The zero-order valence-corrected chi connectivity index (χ0v) is 14.9. The van der Waals surface area contributed by atoms with E-state index in [4.69, 9.17) is 12.2 Å². The van der Waals surface area contributed by atoms with E-state index in [-0.39, 0.29) is 11.7 Å². The van der Waals surface area contributed by atoms with Gasteiger partial charge >= 0.3 is 6.61 Å². The molecule has 0 bridgehead atoms. The molecule has 0 aromatic heterocycles. The summed E-state index contributed by atoms with van der Waals surface area (Å²) in [6, 6.07) is 11.8. The molecule has 0 radical (unpaired) electrons. The highest BCUT2D eigenvalue weighted by Gasteiger charge is 2.32. The molecule has 0 spiro atoms. The molecule has 1 fully saturated rings. The minimum absolute atomic E-state index is 0.0558. The van der Waals surface area contributed by atoms with Crippen LogP contribution in [-0.4, -0.2) is 17.6 Å². The Morgan fingerprint density at radius 3 is 2.46 bits per heavy atom. The summed E-state index contributed by atoms with van der Waals surface area (Å²) in [7, 11) is 0. The Labute approximate surface area is 155 Å². The van der Waals surface area contributed by atoms with Crippen LogP contribution in [0.15, 0.2) is 48.2 Å². The van der Waals surface area contributed by atoms with Gasteiger partial charge in [0, 0.05) is 0 Å². The molecule has 1 aliphatic rings. The van der Waals surface area contributed by atoms with E-state index in [2.05, 4.69) is 10.1 Å². The largest absolute Gasteiger partial charge is 0.435 e. The second kappa shape index (κ2) is 7.21. The minimum Gasteiger partial charge on any atom is -0.435 e. The highest BCUT2D eigenvalue weighted by Crippen LogP contribution is 2.27. The lowest BCUT2D eigenvalue weighted by Crippen LogP contribution is -2.30. The molecule has 0 atom stereocenters. The van der Waals surface area contributed by atoms with E-state index in [1.807, 2.05) is 32.0 Å². The number of thiocarbonyl (C=S) groups is 1. The second-order valence-corrected chi connectivity index (χ2v) is 6.25. The van der Waals surface area contributed by atoms with Gasteiger partial charge in [0.2, 0.25) is 0 Å².